The van der Waals surface area contributed by atoms with Gasteiger partial charge in [-0.1, -0.05) is 43.5 Å². The van der Waals surface area contributed by atoms with Crippen LogP contribution in [0.25, 0.3) is 0 Å². The van der Waals surface area contributed by atoms with Gasteiger partial charge in [-0.25, -0.2) is 13.4 Å². The van der Waals surface area contributed by atoms with Crippen LogP contribution >= 0.6 is 0 Å². The Morgan fingerprint density at radius 1 is 1.12 bits per heavy atom. The summed E-state index contributed by atoms with van der Waals surface area (Å²) in [6, 6.07) is 8.86. The lowest BCUT2D eigenvalue weighted by atomic mass is 9.79. The Morgan fingerprint density at radius 3 is 2.47 bits per heavy atom. The summed E-state index contributed by atoms with van der Waals surface area (Å²) >= 11 is 0. The number of hydrogen-bond donors (Lipinski definition) is 1. The number of nitrogens with zero attached hydrogens (tertiary/aromatic N) is 2. The van der Waals surface area contributed by atoms with E-state index in [0.717, 1.165) is 56.6 Å². The van der Waals surface area contributed by atoms with Crippen molar-refractivity contribution in [1.29, 1.82) is 0 Å². The van der Waals surface area contributed by atoms with Crippen molar-refractivity contribution < 1.29 is 17.9 Å². The van der Waals surface area contributed by atoms with E-state index in [1.807, 2.05) is 30.3 Å². The highest BCUT2D eigenvalue weighted by Gasteiger charge is 2.29. The molecule has 0 aliphatic heterocycles. The van der Waals surface area contributed by atoms with Gasteiger partial charge in [-0.3, -0.25) is 4.79 Å². The Kier molecular flexibility index (Phi) is 6.89. The van der Waals surface area contributed by atoms with Gasteiger partial charge in [0.05, 0.1) is 6.04 Å². The Hall–Kier alpha value is -2.74. The van der Waals surface area contributed by atoms with Crippen molar-refractivity contribution in [3.05, 3.63) is 59.4 Å². The molecular weight excluding hydrogens is 426 g/mol. The van der Waals surface area contributed by atoms with Crippen LogP contribution < -0.4 is 10.1 Å². The maximum absolute atomic E-state index is 13.2. The molecule has 1 amide bonds. The molecule has 2 aromatic rings. The van der Waals surface area contributed by atoms with Crippen molar-refractivity contribution in [3.8, 4) is 11.6 Å². The smallest absolute Gasteiger partial charge is 0.258 e. The van der Waals surface area contributed by atoms with Crippen molar-refractivity contribution in [2.24, 2.45) is 5.92 Å². The van der Waals surface area contributed by atoms with E-state index in [9.17, 15) is 13.2 Å². The van der Waals surface area contributed by atoms with Gasteiger partial charge in [0.2, 0.25) is 5.88 Å². The highest BCUT2D eigenvalue weighted by Crippen LogP contribution is 2.34. The van der Waals surface area contributed by atoms with E-state index in [-0.39, 0.29) is 35.2 Å². The number of rotatable bonds is 8. The first-order valence-electron chi connectivity index (χ1n) is 11.2. The summed E-state index contributed by atoms with van der Waals surface area (Å²) in [4.78, 5) is 22.3. The summed E-state index contributed by atoms with van der Waals surface area (Å²) in [6.07, 6.45) is 11.6. The molecule has 1 aromatic carbocycles. The summed E-state index contributed by atoms with van der Waals surface area (Å²) in [7, 11) is -3.28. The number of carbonyl (C=O) groups is 1. The van der Waals surface area contributed by atoms with Crippen molar-refractivity contribution in [2.45, 2.75) is 56.9 Å². The molecule has 1 atom stereocenters. The lowest BCUT2D eigenvalue weighted by molar-refractivity contribution is 0.0915. The SMILES string of the molecule is CS(=O)(=O)C=CC(NC(=O)c1cnc(C2CCCC2)nc1Oc1ccccc1)C1CCC1. The quantitative estimate of drug-likeness (QED) is 0.634. The Balaban J connectivity index is 1.61. The zero-order chi connectivity index (χ0) is 22.6. The van der Waals surface area contributed by atoms with Crippen LogP contribution in [0, 0.1) is 5.92 Å². The maximum atomic E-state index is 13.2. The molecule has 170 valence electrons. The van der Waals surface area contributed by atoms with Gasteiger partial charge in [0.15, 0.2) is 9.84 Å². The third kappa shape index (κ3) is 5.73. The highest BCUT2D eigenvalue weighted by molar-refractivity contribution is 7.93. The van der Waals surface area contributed by atoms with Crippen molar-refractivity contribution in [1.82, 2.24) is 15.3 Å². The first kappa shape index (κ1) is 22.5. The molecule has 2 aliphatic carbocycles. The van der Waals surface area contributed by atoms with E-state index in [1.165, 1.54) is 6.20 Å². The molecule has 0 saturated heterocycles. The number of para-hydroxylation sites is 1. The summed E-state index contributed by atoms with van der Waals surface area (Å²) in [5.41, 5.74) is 0.243. The van der Waals surface area contributed by atoms with Gasteiger partial charge >= 0.3 is 0 Å². The van der Waals surface area contributed by atoms with Crippen LogP contribution in [-0.4, -0.2) is 36.6 Å². The van der Waals surface area contributed by atoms with Gasteiger partial charge in [-0.05, 0) is 43.7 Å². The average Bonchev–Trinajstić information content (AvgIpc) is 3.26. The molecule has 1 aromatic heterocycles. The number of hydrogen-bond acceptors (Lipinski definition) is 6. The minimum Gasteiger partial charge on any atom is -0.438 e. The first-order chi connectivity index (χ1) is 15.4. The number of aromatic nitrogens is 2. The average molecular weight is 456 g/mol. The predicted octanol–water partition coefficient (Wildman–Crippen LogP) is 4.38. The third-order valence-electron chi connectivity index (χ3n) is 6.18. The standard InChI is InChI=1S/C24H29N3O4S/c1-32(29,30)15-14-21(17-10-7-11-17)26-23(28)20-16-25-22(18-8-5-6-9-18)27-24(20)31-19-12-3-2-4-13-19/h2-4,12-18,21H,5-11H2,1H3,(H,26,28). The van der Waals surface area contributed by atoms with Crippen LogP contribution in [0.4, 0.5) is 0 Å². The second-order valence-electron chi connectivity index (χ2n) is 8.69. The van der Waals surface area contributed by atoms with Gasteiger partial charge < -0.3 is 10.1 Å². The molecule has 4 rings (SSSR count). The molecule has 1 unspecified atom stereocenters. The summed E-state index contributed by atoms with van der Waals surface area (Å²) in [6.45, 7) is 0. The lowest BCUT2D eigenvalue weighted by Crippen LogP contribution is -2.42. The fourth-order valence-electron chi connectivity index (χ4n) is 4.17. The number of ether oxygens (including phenoxy) is 1. The van der Waals surface area contributed by atoms with Crippen molar-refractivity contribution in [3.63, 3.8) is 0 Å². The van der Waals surface area contributed by atoms with Crippen LogP contribution in [0.15, 0.2) is 48.0 Å². The third-order valence-corrected chi connectivity index (χ3v) is 6.84. The van der Waals surface area contributed by atoms with Crippen molar-refractivity contribution in [2.75, 3.05) is 6.26 Å². The van der Waals surface area contributed by atoms with Gasteiger partial charge in [0.25, 0.3) is 5.91 Å². The molecule has 0 radical (unpaired) electrons. The van der Waals surface area contributed by atoms with Crippen LogP contribution in [0.5, 0.6) is 11.6 Å². The second-order valence-corrected chi connectivity index (χ2v) is 10.6. The summed E-state index contributed by atoms with van der Waals surface area (Å²) < 4.78 is 29.2. The minimum atomic E-state index is -3.28. The van der Waals surface area contributed by atoms with Gasteiger partial charge in [-0.15, -0.1) is 0 Å². The van der Waals surface area contributed by atoms with Crippen LogP contribution in [0.3, 0.4) is 0 Å². The monoisotopic (exact) mass is 455 g/mol. The molecule has 2 fully saturated rings. The largest absolute Gasteiger partial charge is 0.438 e. The highest BCUT2D eigenvalue weighted by atomic mass is 32.2. The molecule has 1 heterocycles. The summed E-state index contributed by atoms with van der Waals surface area (Å²) in [5, 5.41) is 4.14. The van der Waals surface area contributed by atoms with Crippen LogP contribution in [0.2, 0.25) is 0 Å². The fraction of sp³-hybridized carbons (Fsp3) is 0.458. The van der Waals surface area contributed by atoms with Gasteiger partial charge in [0, 0.05) is 23.8 Å². The van der Waals surface area contributed by atoms with E-state index in [2.05, 4.69) is 15.3 Å². The number of nitrogens with one attached hydrogen (secondary N) is 1. The van der Waals surface area contributed by atoms with E-state index in [1.54, 1.807) is 6.08 Å². The topological polar surface area (TPSA) is 98.2 Å². The number of carbonyl (C=O) groups excluding carboxylic acids is 1. The number of amides is 1. The van der Waals surface area contributed by atoms with Gasteiger partial charge in [-0.2, -0.15) is 4.98 Å². The Morgan fingerprint density at radius 2 is 1.84 bits per heavy atom. The molecular formula is C24H29N3O4S. The first-order valence-corrected chi connectivity index (χ1v) is 13.1. The zero-order valence-electron chi connectivity index (χ0n) is 18.2. The van der Waals surface area contributed by atoms with E-state index in [0.29, 0.717) is 11.6 Å². The van der Waals surface area contributed by atoms with Crippen molar-refractivity contribution >= 4 is 15.7 Å². The zero-order valence-corrected chi connectivity index (χ0v) is 19.1. The minimum absolute atomic E-state index is 0.217. The molecule has 32 heavy (non-hydrogen) atoms. The number of benzene rings is 1. The van der Waals surface area contributed by atoms with E-state index in [4.69, 9.17) is 4.74 Å². The van der Waals surface area contributed by atoms with Gasteiger partial charge in [0.1, 0.15) is 17.1 Å². The normalized spacial score (nSPS) is 18.4. The lowest BCUT2D eigenvalue weighted by Gasteiger charge is -2.32. The maximum Gasteiger partial charge on any atom is 0.258 e. The second kappa shape index (κ2) is 9.81. The molecule has 7 nitrogen and oxygen atoms in total. The number of sulfone groups is 1. The van der Waals surface area contributed by atoms with E-state index >= 15 is 0 Å². The molecule has 0 spiro atoms. The molecule has 8 heteroatoms. The molecule has 1 N–H and O–H groups in total. The summed E-state index contributed by atoms with van der Waals surface area (Å²) in [5.74, 6) is 1.65. The fourth-order valence-corrected chi connectivity index (χ4v) is 4.63. The molecule has 2 saturated carbocycles. The Labute approximate surface area is 189 Å². The van der Waals surface area contributed by atoms with E-state index < -0.39 is 9.84 Å². The predicted molar refractivity (Wildman–Crippen MR) is 122 cm³/mol. The molecule has 2 aliphatic rings. The van der Waals surface area contributed by atoms with Crippen LogP contribution in [0.1, 0.15) is 67.0 Å². The molecule has 0 bridgehead atoms. The Bertz CT molecular complexity index is 1080. The van der Waals surface area contributed by atoms with Crippen LogP contribution in [-0.2, 0) is 9.84 Å².